The van der Waals surface area contributed by atoms with E-state index in [9.17, 15) is 8.42 Å². The highest BCUT2D eigenvalue weighted by atomic mass is 35.5. The van der Waals surface area contributed by atoms with Gasteiger partial charge in [-0.2, -0.15) is 18.6 Å². The van der Waals surface area contributed by atoms with E-state index in [-0.39, 0.29) is 4.90 Å². The van der Waals surface area contributed by atoms with Crippen LogP contribution in [0.5, 0.6) is 0 Å². The van der Waals surface area contributed by atoms with Crippen molar-refractivity contribution in [3.05, 3.63) is 75.0 Å². The molecule has 3 rings (SSSR count). The summed E-state index contributed by atoms with van der Waals surface area (Å²) < 4.78 is 26.6. The molecule has 0 aliphatic carbocycles. The predicted molar refractivity (Wildman–Crippen MR) is 112 cm³/mol. The Morgan fingerprint density at radius 3 is 2.57 bits per heavy atom. The number of hydrazone groups is 1. The van der Waals surface area contributed by atoms with Crippen LogP contribution in [0.2, 0.25) is 10.2 Å². The Bertz CT molecular complexity index is 1170. The van der Waals surface area contributed by atoms with Gasteiger partial charge in [-0.1, -0.05) is 41.4 Å². The van der Waals surface area contributed by atoms with Crippen molar-refractivity contribution in [2.75, 3.05) is 0 Å². The number of hydrogen-bond donors (Lipinski definition) is 1. The Hall–Kier alpha value is -2.35. The normalized spacial score (nSPS) is 11.9. The Labute approximate surface area is 173 Å². The molecule has 0 saturated carbocycles. The van der Waals surface area contributed by atoms with Gasteiger partial charge >= 0.3 is 0 Å². The second-order valence-electron chi connectivity index (χ2n) is 6.30. The lowest BCUT2D eigenvalue weighted by Crippen LogP contribution is -2.19. The van der Waals surface area contributed by atoms with Crippen molar-refractivity contribution in [1.29, 1.82) is 0 Å². The molecule has 0 unspecified atom stereocenters. The summed E-state index contributed by atoms with van der Waals surface area (Å²) in [6, 6.07) is 12.3. The SMILES string of the molecule is Cc1ccc(C)c(S(=O)(=O)NN=Cc2c(C)nn(-c3cccc(Cl)c3)c2Cl)c1. The number of halogens is 2. The smallest absolute Gasteiger partial charge is 0.221 e. The van der Waals surface area contributed by atoms with Crippen LogP contribution < -0.4 is 4.83 Å². The first-order valence-electron chi connectivity index (χ1n) is 8.32. The van der Waals surface area contributed by atoms with E-state index >= 15 is 0 Å². The summed E-state index contributed by atoms with van der Waals surface area (Å²) in [4.78, 5) is 2.41. The molecule has 146 valence electrons. The Morgan fingerprint density at radius 2 is 1.86 bits per heavy atom. The molecule has 0 aliphatic heterocycles. The number of sulfonamides is 1. The summed E-state index contributed by atoms with van der Waals surface area (Å²) in [5.41, 5.74) is 3.27. The highest BCUT2D eigenvalue weighted by Crippen LogP contribution is 2.24. The minimum Gasteiger partial charge on any atom is -0.221 e. The molecule has 0 spiro atoms. The molecular weight excluding hydrogens is 419 g/mol. The van der Waals surface area contributed by atoms with E-state index in [1.165, 1.54) is 10.9 Å². The Kier molecular flexibility index (Phi) is 5.79. The highest BCUT2D eigenvalue weighted by Gasteiger charge is 2.17. The van der Waals surface area contributed by atoms with Gasteiger partial charge in [-0.05, 0) is 56.2 Å². The zero-order chi connectivity index (χ0) is 20.5. The van der Waals surface area contributed by atoms with Gasteiger partial charge in [0.05, 0.1) is 28.1 Å². The average Bonchev–Trinajstić information content (AvgIpc) is 2.91. The first-order chi connectivity index (χ1) is 13.2. The number of hydrogen-bond acceptors (Lipinski definition) is 4. The van der Waals surface area contributed by atoms with E-state index in [1.54, 1.807) is 44.2 Å². The lowest BCUT2D eigenvalue weighted by Gasteiger charge is -2.07. The lowest BCUT2D eigenvalue weighted by atomic mass is 10.2. The van der Waals surface area contributed by atoms with Gasteiger partial charge in [0.1, 0.15) is 5.15 Å². The van der Waals surface area contributed by atoms with Crippen LogP contribution in [0.1, 0.15) is 22.4 Å². The van der Waals surface area contributed by atoms with Crippen LogP contribution in [0, 0.1) is 20.8 Å². The van der Waals surface area contributed by atoms with E-state index < -0.39 is 10.0 Å². The fourth-order valence-electron chi connectivity index (χ4n) is 2.64. The van der Waals surface area contributed by atoms with Crippen molar-refractivity contribution in [1.82, 2.24) is 14.6 Å². The maximum atomic E-state index is 12.5. The van der Waals surface area contributed by atoms with Crippen LogP contribution >= 0.6 is 23.2 Å². The average molecular weight is 437 g/mol. The third-order valence-corrected chi connectivity index (χ3v) is 6.06. The van der Waals surface area contributed by atoms with E-state index in [0.717, 1.165) is 5.56 Å². The summed E-state index contributed by atoms with van der Waals surface area (Å²) in [5.74, 6) is 0. The molecule has 9 heteroatoms. The molecule has 0 fully saturated rings. The third-order valence-electron chi connectivity index (χ3n) is 4.10. The van der Waals surface area contributed by atoms with Crippen molar-refractivity contribution in [3.63, 3.8) is 0 Å². The van der Waals surface area contributed by atoms with Crippen LogP contribution in [-0.2, 0) is 10.0 Å². The standard InChI is InChI=1S/C19H18Cl2N4O2S/c1-12-7-8-13(2)18(9-12)28(26,27)24-22-11-17-14(3)23-25(19(17)21)16-6-4-5-15(20)10-16/h4-11,24H,1-3H3. The molecule has 0 amide bonds. The van der Waals surface area contributed by atoms with Gasteiger partial charge in [-0.3, -0.25) is 0 Å². The zero-order valence-corrected chi connectivity index (χ0v) is 17.8. The minimum atomic E-state index is -3.80. The molecule has 1 N–H and O–H groups in total. The van der Waals surface area contributed by atoms with Gasteiger partial charge in [-0.25, -0.2) is 9.51 Å². The fourth-order valence-corrected chi connectivity index (χ4v) is 4.27. The summed E-state index contributed by atoms with van der Waals surface area (Å²) in [7, 11) is -3.80. The fraction of sp³-hybridized carbons (Fsp3) is 0.158. The quantitative estimate of drug-likeness (QED) is 0.474. The molecule has 2 aromatic carbocycles. The molecule has 6 nitrogen and oxygen atoms in total. The van der Waals surface area contributed by atoms with Gasteiger partial charge in [0.15, 0.2) is 0 Å². The second-order valence-corrected chi connectivity index (χ2v) is 8.73. The van der Waals surface area contributed by atoms with Crippen molar-refractivity contribution in [2.45, 2.75) is 25.7 Å². The largest absolute Gasteiger partial charge is 0.276 e. The molecule has 28 heavy (non-hydrogen) atoms. The monoisotopic (exact) mass is 436 g/mol. The Balaban J connectivity index is 1.88. The van der Waals surface area contributed by atoms with Crippen LogP contribution in [0.4, 0.5) is 0 Å². The van der Waals surface area contributed by atoms with Gasteiger partial charge in [0.25, 0.3) is 10.0 Å². The maximum Gasteiger partial charge on any atom is 0.276 e. The van der Waals surface area contributed by atoms with Crippen molar-refractivity contribution in [3.8, 4) is 5.69 Å². The predicted octanol–water partition coefficient (Wildman–Crippen LogP) is 4.42. The Morgan fingerprint density at radius 1 is 1.11 bits per heavy atom. The maximum absolute atomic E-state index is 12.5. The van der Waals surface area contributed by atoms with E-state index in [0.29, 0.717) is 32.7 Å². The summed E-state index contributed by atoms with van der Waals surface area (Å²) in [6.07, 6.45) is 1.34. The van der Waals surface area contributed by atoms with Crippen molar-refractivity contribution < 1.29 is 8.42 Å². The number of aryl methyl sites for hydroxylation is 3. The first kappa shape index (κ1) is 20.4. The van der Waals surface area contributed by atoms with Crippen LogP contribution in [-0.4, -0.2) is 24.4 Å². The number of nitrogens with one attached hydrogen (secondary N) is 1. The first-order valence-corrected chi connectivity index (χ1v) is 10.6. The second kappa shape index (κ2) is 7.95. The summed E-state index contributed by atoms with van der Waals surface area (Å²) in [6.45, 7) is 5.32. The van der Waals surface area contributed by atoms with E-state index in [1.807, 2.05) is 19.1 Å². The van der Waals surface area contributed by atoms with Crippen LogP contribution in [0.15, 0.2) is 52.5 Å². The molecule has 0 atom stereocenters. The van der Waals surface area contributed by atoms with Gasteiger partial charge in [0, 0.05) is 5.02 Å². The number of benzene rings is 2. The molecule has 0 saturated heterocycles. The van der Waals surface area contributed by atoms with Gasteiger partial charge in [-0.15, -0.1) is 0 Å². The molecule has 1 heterocycles. The number of aromatic nitrogens is 2. The van der Waals surface area contributed by atoms with Gasteiger partial charge in [0.2, 0.25) is 0 Å². The van der Waals surface area contributed by atoms with Gasteiger partial charge < -0.3 is 0 Å². The zero-order valence-electron chi connectivity index (χ0n) is 15.4. The molecule has 0 radical (unpaired) electrons. The van der Waals surface area contributed by atoms with Crippen LogP contribution in [0.3, 0.4) is 0 Å². The third kappa shape index (κ3) is 4.22. The van der Waals surface area contributed by atoms with Crippen molar-refractivity contribution >= 4 is 39.4 Å². The number of nitrogens with zero attached hydrogens (tertiary/aromatic N) is 3. The highest BCUT2D eigenvalue weighted by molar-refractivity contribution is 7.89. The molecule has 0 bridgehead atoms. The lowest BCUT2D eigenvalue weighted by molar-refractivity contribution is 0.584. The molecular formula is C19H18Cl2N4O2S. The molecule has 3 aromatic rings. The molecule has 0 aliphatic rings. The topological polar surface area (TPSA) is 76.3 Å². The molecule has 1 aromatic heterocycles. The summed E-state index contributed by atoms with van der Waals surface area (Å²) in [5, 5.41) is 9.11. The minimum absolute atomic E-state index is 0.182. The van der Waals surface area contributed by atoms with E-state index in [2.05, 4.69) is 15.0 Å². The number of rotatable bonds is 5. The van der Waals surface area contributed by atoms with Crippen molar-refractivity contribution in [2.24, 2.45) is 5.10 Å². The van der Waals surface area contributed by atoms with Crippen LogP contribution in [0.25, 0.3) is 5.69 Å². The summed E-state index contributed by atoms with van der Waals surface area (Å²) >= 11 is 12.4. The van der Waals surface area contributed by atoms with E-state index in [4.69, 9.17) is 23.2 Å².